The van der Waals surface area contributed by atoms with Crippen LogP contribution in [0.2, 0.25) is 0 Å². The summed E-state index contributed by atoms with van der Waals surface area (Å²) >= 11 is 0. The lowest BCUT2D eigenvalue weighted by molar-refractivity contribution is -0.156. The third-order valence-electron chi connectivity index (χ3n) is 13.4. The molecule has 0 spiro atoms. The van der Waals surface area contributed by atoms with Gasteiger partial charge in [-0.3, -0.25) is 33.3 Å². The Hall–Kier alpha value is -4.78. The summed E-state index contributed by atoms with van der Waals surface area (Å²) in [5.41, 5.74) is -1.26. The fourth-order valence-electron chi connectivity index (χ4n) is 9.86. The van der Waals surface area contributed by atoms with E-state index in [0.717, 1.165) is 51.4 Å². The van der Waals surface area contributed by atoms with Gasteiger partial charge in [-0.2, -0.15) is 10.2 Å². The predicted octanol–water partition coefficient (Wildman–Crippen LogP) is 3.77. The van der Waals surface area contributed by atoms with Crippen molar-refractivity contribution in [2.24, 2.45) is 23.7 Å². The maximum absolute atomic E-state index is 14.9. The summed E-state index contributed by atoms with van der Waals surface area (Å²) in [5, 5.41) is 12.1. The van der Waals surface area contributed by atoms with Gasteiger partial charge < -0.3 is 19.7 Å². The molecule has 58 heavy (non-hydrogen) atoms. The van der Waals surface area contributed by atoms with Crippen LogP contribution < -0.4 is 20.3 Å². The number of nitrogens with zero attached hydrogens (tertiary/aromatic N) is 4. The Morgan fingerprint density at radius 1 is 1.00 bits per heavy atom. The summed E-state index contributed by atoms with van der Waals surface area (Å²) < 4.78 is 41.9. The molecular weight excluding hydrogens is 765 g/mol. The van der Waals surface area contributed by atoms with E-state index in [9.17, 15) is 37.7 Å². The number of fused-ring (bicyclic) bond motifs is 5. The van der Waals surface area contributed by atoms with Gasteiger partial charge in [-0.25, -0.2) is 8.42 Å². The predicted molar refractivity (Wildman–Crippen MR) is 210 cm³/mol. The molecule has 4 saturated carbocycles. The third-order valence-corrected chi connectivity index (χ3v) is 15.2. The lowest BCUT2D eigenvalue weighted by atomic mass is 9.86. The second-order valence-corrected chi connectivity index (χ2v) is 19.2. The highest BCUT2D eigenvalue weighted by Crippen LogP contribution is 2.47. The second kappa shape index (κ2) is 16.1. The zero-order valence-electron chi connectivity index (χ0n) is 32.9. The number of carbonyl (C=O) groups excluding carboxylic acids is 4. The Labute approximate surface area is 337 Å². The maximum atomic E-state index is 14.9. The van der Waals surface area contributed by atoms with E-state index in [4.69, 9.17) is 14.5 Å². The lowest BCUT2D eigenvalue weighted by Gasteiger charge is -2.32. The summed E-state index contributed by atoms with van der Waals surface area (Å²) in [5.74, 6) is -3.23. The Morgan fingerprint density at radius 3 is 2.50 bits per heavy atom. The number of nitrogens with one attached hydrogen (secondary N) is 2. The summed E-state index contributed by atoms with van der Waals surface area (Å²) in [6.07, 6.45) is 11.7. The van der Waals surface area contributed by atoms with Gasteiger partial charge in [0.25, 0.3) is 17.5 Å². The molecule has 16 heteroatoms. The number of esters is 1. The van der Waals surface area contributed by atoms with E-state index in [1.165, 1.54) is 15.5 Å². The largest absolute Gasteiger partial charge is 0.462 e. The first-order valence-corrected chi connectivity index (χ1v) is 22.6. The number of carbonyl (C=O) groups is 4. The van der Waals surface area contributed by atoms with Crippen molar-refractivity contribution >= 4 is 44.6 Å². The van der Waals surface area contributed by atoms with Crippen molar-refractivity contribution in [1.29, 1.82) is 5.26 Å². The van der Waals surface area contributed by atoms with Gasteiger partial charge in [-0.1, -0.05) is 38.3 Å². The molecule has 5 fully saturated rings. The van der Waals surface area contributed by atoms with Crippen LogP contribution in [0.3, 0.4) is 0 Å². The van der Waals surface area contributed by atoms with Crippen molar-refractivity contribution in [3.63, 3.8) is 0 Å². The van der Waals surface area contributed by atoms with E-state index in [1.807, 2.05) is 19.1 Å². The lowest BCUT2D eigenvalue weighted by Crippen LogP contribution is -2.57. The number of allylic oxidation sites excluding steroid dienone is 2. The number of sulfonamides is 1. The molecular formula is C42H52N6O9S. The van der Waals surface area contributed by atoms with Crippen molar-refractivity contribution < 1.29 is 37.1 Å². The summed E-state index contributed by atoms with van der Waals surface area (Å²) in [6.45, 7) is 1.92. The first-order valence-electron chi connectivity index (χ1n) is 21.0. The van der Waals surface area contributed by atoms with Crippen molar-refractivity contribution in [1.82, 2.24) is 24.5 Å². The number of nitriles is 1. The topological polar surface area (TPSA) is 207 Å². The number of ether oxygens (including phenoxy) is 2. The van der Waals surface area contributed by atoms with E-state index in [2.05, 4.69) is 16.1 Å². The van der Waals surface area contributed by atoms with Crippen molar-refractivity contribution in [3.05, 3.63) is 46.3 Å². The minimum Gasteiger partial charge on any atom is -0.462 e. The molecule has 0 unspecified atom stereocenters. The summed E-state index contributed by atoms with van der Waals surface area (Å²) in [6, 6.07) is 5.54. The minimum absolute atomic E-state index is 0.0278. The van der Waals surface area contributed by atoms with E-state index in [1.54, 1.807) is 12.1 Å². The molecule has 6 aliphatic rings. The molecule has 3 amide bonds. The maximum Gasteiger partial charge on any atom is 0.306 e. The molecule has 310 valence electrons. The van der Waals surface area contributed by atoms with Gasteiger partial charge in [-0.05, 0) is 100 Å². The molecule has 2 aromatic rings. The number of hydrogen-bond acceptors (Lipinski definition) is 11. The fourth-order valence-corrected chi connectivity index (χ4v) is 11.2. The average Bonchev–Trinajstić information content (AvgIpc) is 3.99. The fraction of sp³-hybridized carbons (Fsp3) is 0.643. The van der Waals surface area contributed by atoms with Crippen LogP contribution in [-0.2, 0) is 40.5 Å². The minimum atomic E-state index is -3.90. The summed E-state index contributed by atoms with van der Waals surface area (Å²) in [7, 11) is -3.90. The normalized spacial score (nSPS) is 31.2. The van der Waals surface area contributed by atoms with Gasteiger partial charge in [0.05, 0.1) is 46.7 Å². The molecule has 2 bridgehead atoms. The van der Waals surface area contributed by atoms with Gasteiger partial charge >= 0.3 is 5.97 Å². The molecule has 1 aromatic heterocycles. The second-order valence-electron chi connectivity index (χ2n) is 17.2. The monoisotopic (exact) mass is 816 g/mol. The highest BCUT2D eigenvalue weighted by molar-refractivity contribution is 7.91. The average molecular weight is 817 g/mol. The van der Waals surface area contributed by atoms with E-state index >= 15 is 0 Å². The highest BCUT2D eigenvalue weighted by atomic mass is 32.2. The number of aromatic nitrogens is 2. The zero-order chi connectivity index (χ0) is 40.8. The van der Waals surface area contributed by atoms with E-state index in [-0.39, 0.29) is 79.2 Å². The Kier molecular flexibility index (Phi) is 11.1. The molecule has 2 N–H and O–H groups in total. The number of hydrogen-bond donors (Lipinski definition) is 2. The Balaban J connectivity index is 1.15. The molecule has 15 nitrogen and oxygen atoms in total. The SMILES string of the molecule is CC[C@H]1C[C@]1(NC(=O)[C@@H]1C[C@@H]2CN1C(=O)[C@H](C1CCCC1)CC(=O)O[C@@H]1CCC[C@H]1CC/C=C/Cn1c(nc3cc(C#N)ccc3c1=O)O2)C(=O)NS(=O)(=O)C1CC1. The van der Waals surface area contributed by atoms with Gasteiger partial charge in [0.15, 0.2) is 0 Å². The van der Waals surface area contributed by atoms with Crippen LogP contribution in [0.4, 0.5) is 0 Å². The number of amides is 3. The van der Waals surface area contributed by atoms with Gasteiger partial charge in [-0.15, -0.1) is 0 Å². The Morgan fingerprint density at radius 2 is 1.78 bits per heavy atom. The zero-order valence-corrected chi connectivity index (χ0v) is 33.7. The first-order chi connectivity index (χ1) is 27.9. The third kappa shape index (κ3) is 7.98. The van der Waals surface area contributed by atoms with Crippen LogP contribution in [0, 0.1) is 35.0 Å². The molecule has 0 radical (unpaired) electrons. The molecule has 7 atom stereocenters. The number of benzene rings is 1. The summed E-state index contributed by atoms with van der Waals surface area (Å²) in [4.78, 5) is 77.0. The molecule has 1 aromatic carbocycles. The van der Waals surface area contributed by atoms with Crippen LogP contribution in [0.25, 0.3) is 10.9 Å². The van der Waals surface area contributed by atoms with Crippen LogP contribution in [0.1, 0.15) is 109 Å². The highest BCUT2D eigenvalue weighted by Gasteiger charge is 2.62. The first kappa shape index (κ1) is 40.0. The Bertz CT molecular complexity index is 2220. The molecule has 4 aliphatic carbocycles. The number of rotatable bonds is 7. The van der Waals surface area contributed by atoms with Crippen LogP contribution in [-0.4, -0.2) is 82.1 Å². The van der Waals surface area contributed by atoms with Crippen molar-refractivity contribution in [2.45, 2.75) is 139 Å². The van der Waals surface area contributed by atoms with Crippen molar-refractivity contribution in [3.8, 4) is 12.1 Å². The van der Waals surface area contributed by atoms with Crippen LogP contribution in [0.5, 0.6) is 6.01 Å². The van der Waals surface area contributed by atoms with Crippen LogP contribution in [0.15, 0.2) is 35.1 Å². The van der Waals surface area contributed by atoms with Gasteiger partial charge in [0.1, 0.15) is 23.8 Å². The van der Waals surface area contributed by atoms with E-state index < -0.39 is 56.7 Å². The molecule has 2 aliphatic heterocycles. The van der Waals surface area contributed by atoms with E-state index in [0.29, 0.717) is 36.6 Å². The van der Waals surface area contributed by atoms with Crippen LogP contribution >= 0.6 is 0 Å². The molecule has 8 rings (SSSR count). The molecule has 1 saturated heterocycles. The smallest absolute Gasteiger partial charge is 0.306 e. The molecule has 3 heterocycles. The van der Waals surface area contributed by atoms with Crippen molar-refractivity contribution in [2.75, 3.05) is 6.54 Å². The van der Waals surface area contributed by atoms with Gasteiger partial charge in [0, 0.05) is 13.0 Å². The standard InChI is InChI=1S/C42H52N6O9S/c1-2-28-22-42(28,40(53)46-58(54,55)30-15-16-30)45-37(50)34-20-29-24-48(34)39(52)32(26-9-5-6-10-26)21-36(49)57-35-13-8-12-27(35)11-4-3-7-18-47-38(51)31-17-14-25(23-43)19-33(31)44-41(47)56-29/h3,7,14,17,19,26-30,32,34-35H,2,4-6,8-13,15-16,18,20-22,24H2,1H3,(H,45,50)(H,46,53)/b7-3+/t27-,28+,29-,32+,34+,35-,42-/m1/s1. The quantitative estimate of drug-likeness (QED) is 0.304. The van der Waals surface area contributed by atoms with Gasteiger partial charge in [0.2, 0.25) is 21.8 Å².